The van der Waals surface area contributed by atoms with E-state index in [0.717, 1.165) is 16.9 Å². The molecule has 1 unspecified atom stereocenters. The number of ketones is 1. The second kappa shape index (κ2) is 13.6. The molecule has 1 aliphatic rings. The van der Waals surface area contributed by atoms with Gasteiger partial charge in [-0.1, -0.05) is 47.7 Å². The minimum atomic E-state index is -1.10. The molecule has 2 heterocycles. The zero-order valence-corrected chi connectivity index (χ0v) is 26.1. The van der Waals surface area contributed by atoms with Crippen molar-refractivity contribution in [3.05, 3.63) is 106 Å². The van der Waals surface area contributed by atoms with E-state index in [0.29, 0.717) is 53.9 Å². The van der Waals surface area contributed by atoms with Crippen molar-refractivity contribution in [2.75, 3.05) is 25.2 Å². The number of hydrogen-bond acceptors (Lipinski definition) is 10. The summed E-state index contributed by atoms with van der Waals surface area (Å²) in [6.07, 6.45) is 0. The lowest BCUT2D eigenvalue weighted by atomic mass is 9.95. The Morgan fingerprint density at radius 1 is 0.933 bits per heavy atom. The first-order valence-electron chi connectivity index (χ1n) is 14.3. The Hall–Kier alpha value is -5.16. The molecule has 0 aliphatic carbocycles. The maximum Gasteiger partial charge on any atom is 0.350 e. The van der Waals surface area contributed by atoms with Gasteiger partial charge in [0.1, 0.15) is 23.0 Å². The lowest BCUT2D eigenvalue weighted by Gasteiger charge is -2.24. The van der Waals surface area contributed by atoms with Crippen molar-refractivity contribution >= 4 is 39.9 Å². The lowest BCUT2D eigenvalue weighted by molar-refractivity contribution is -0.132. The molecule has 1 amide bonds. The third kappa shape index (κ3) is 6.39. The van der Waals surface area contributed by atoms with E-state index in [4.69, 9.17) is 18.9 Å². The van der Waals surface area contributed by atoms with Crippen LogP contribution in [0.25, 0.3) is 5.76 Å². The van der Waals surface area contributed by atoms with Crippen molar-refractivity contribution in [3.63, 3.8) is 0 Å². The van der Waals surface area contributed by atoms with Gasteiger partial charge in [-0.3, -0.25) is 14.5 Å². The zero-order valence-electron chi connectivity index (χ0n) is 25.2. The highest BCUT2D eigenvalue weighted by molar-refractivity contribution is 7.17. The van der Waals surface area contributed by atoms with Crippen LogP contribution in [0.15, 0.2) is 78.4 Å². The molecule has 3 aromatic carbocycles. The highest BCUT2D eigenvalue weighted by atomic mass is 32.1. The lowest BCUT2D eigenvalue weighted by Crippen LogP contribution is -2.29. The summed E-state index contributed by atoms with van der Waals surface area (Å²) in [6, 6.07) is 20.2. The highest BCUT2D eigenvalue weighted by Crippen LogP contribution is 2.45. The summed E-state index contributed by atoms with van der Waals surface area (Å²) in [4.78, 5) is 45.6. The summed E-state index contributed by atoms with van der Waals surface area (Å²) < 4.78 is 22.4. The Morgan fingerprint density at radius 3 is 2.31 bits per heavy atom. The van der Waals surface area contributed by atoms with Crippen LogP contribution in [0.5, 0.6) is 17.2 Å². The molecule has 1 saturated heterocycles. The quantitative estimate of drug-likeness (QED) is 0.0889. The fraction of sp³-hybridized carbons (Fsp3) is 0.235. The number of methoxy groups -OCH3 is 1. The summed E-state index contributed by atoms with van der Waals surface area (Å²) >= 11 is 0.925. The first-order valence-corrected chi connectivity index (χ1v) is 15.1. The predicted octanol–water partition coefficient (Wildman–Crippen LogP) is 6.24. The number of carbonyl (C=O) groups excluding carboxylic acids is 3. The number of aliphatic hydroxyl groups is 1. The molecule has 0 radical (unpaired) electrons. The topological polar surface area (TPSA) is 124 Å². The number of Topliss-reactive ketones (excluding diaryl/α,β-unsaturated/α-hetero) is 1. The highest BCUT2D eigenvalue weighted by Gasteiger charge is 2.48. The summed E-state index contributed by atoms with van der Waals surface area (Å²) in [6.45, 7) is 6.39. The van der Waals surface area contributed by atoms with Gasteiger partial charge >= 0.3 is 11.9 Å². The number of aliphatic hydroxyl groups excluding tert-OH is 1. The van der Waals surface area contributed by atoms with Gasteiger partial charge < -0.3 is 24.1 Å². The minimum Gasteiger partial charge on any atom is -0.507 e. The third-order valence-electron chi connectivity index (χ3n) is 7.07. The molecular weight excluding hydrogens is 596 g/mol. The second-order valence-electron chi connectivity index (χ2n) is 9.94. The molecular formula is C34H32N2O8S. The van der Waals surface area contributed by atoms with E-state index in [9.17, 15) is 19.5 Å². The van der Waals surface area contributed by atoms with Crippen LogP contribution < -0.4 is 19.1 Å². The van der Waals surface area contributed by atoms with E-state index in [2.05, 4.69) is 4.98 Å². The smallest absolute Gasteiger partial charge is 0.350 e. The first kappa shape index (κ1) is 31.3. The van der Waals surface area contributed by atoms with Crippen LogP contribution in [0.1, 0.15) is 51.9 Å². The summed E-state index contributed by atoms with van der Waals surface area (Å²) in [5.41, 5.74) is 1.95. The average molecular weight is 629 g/mol. The monoisotopic (exact) mass is 628 g/mol. The fourth-order valence-corrected chi connectivity index (χ4v) is 5.97. The number of nitrogens with zero attached hydrogens (tertiary/aromatic N) is 2. The SMILES string of the molecule is CCOc1ccc(/C(O)=C2\C(=O)C(=O)N(c3nc(C)c(C(=O)OC)s3)C2c2ccc(OCc3ccccc3)c(OCC)c2)cc1. The van der Waals surface area contributed by atoms with Gasteiger partial charge in [-0.25, -0.2) is 9.78 Å². The predicted molar refractivity (Wildman–Crippen MR) is 169 cm³/mol. The number of aryl methyl sites for hydroxylation is 1. The van der Waals surface area contributed by atoms with Crippen molar-refractivity contribution in [1.82, 2.24) is 4.98 Å². The minimum absolute atomic E-state index is 0.105. The summed E-state index contributed by atoms with van der Waals surface area (Å²) in [7, 11) is 1.25. The van der Waals surface area contributed by atoms with Gasteiger partial charge in [0.05, 0.1) is 37.6 Å². The number of carbonyl (C=O) groups is 3. The summed E-state index contributed by atoms with van der Waals surface area (Å²) in [5.74, 6) is -1.34. The number of amides is 1. The molecule has 0 saturated carbocycles. The van der Waals surface area contributed by atoms with Gasteiger partial charge in [-0.05, 0) is 68.3 Å². The number of esters is 1. The van der Waals surface area contributed by atoms with Crippen molar-refractivity contribution in [2.45, 2.75) is 33.4 Å². The molecule has 11 heteroatoms. The van der Waals surface area contributed by atoms with Gasteiger partial charge in [0.15, 0.2) is 16.6 Å². The molecule has 1 fully saturated rings. The van der Waals surface area contributed by atoms with Gasteiger partial charge in [-0.15, -0.1) is 0 Å². The second-order valence-corrected chi connectivity index (χ2v) is 10.9. The van der Waals surface area contributed by atoms with E-state index in [1.54, 1.807) is 49.4 Å². The molecule has 0 spiro atoms. The number of thiazole rings is 1. The summed E-state index contributed by atoms with van der Waals surface area (Å²) in [5, 5.41) is 11.6. The average Bonchev–Trinajstić information content (AvgIpc) is 3.56. The molecule has 1 N–H and O–H groups in total. The third-order valence-corrected chi connectivity index (χ3v) is 8.20. The number of anilines is 1. The Bertz CT molecular complexity index is 1750. The standard InChI is InChI=1S/C34H32N2O8S/c1-5-42-24-15-12-22(13-16-24)29(37)27-28(36(32(39)30(27)38)34-35-20(3)31(45-34)33(40)41-4)23-14-17-25(26(18-23)43-6-2)44-19-21-10-8-7-9-11-21/h7-18,28,37H,5-6,19H2,1-4H3/b29-27+. The number of rotatable bonds is 11. The maximum atomic E-state index is 13.7. The van der Waals surface area contributed by atoms with E-state index in [-0.39, 0.29) is 21.3 Å². The van der Waals surface area contributed by atoms with Gasteiger partial charge in [0.25, 0.3) is 5.78 Å². The van der Waals surface area contributed by atoms with Crippen LogP contribution >= 0.6 is 11.3 Å². The maximum absolute atomic E-state index is 13.7. The van der Waals surface area contributed by atoms with E-state index < -0.39 is 23.7 Å². The molecule has 1 atom stereocenters. The Morgan fingerprint density at radius 2 is 1.64 bits per heavy atom. The number of benzene rings is 3. The largest absolute Gasteiger partial charge is 0.507 e. The molecule has 10 nitrogen and oxygen atoms in total. The van der Waals surface area contributed by atoms with Crippen molar-refractivity contribution in [1.29, 1.82) is 0 Å². The van der Waals surface area contributed by atoms with Crippen molar-refractivity contribution < 1.29 is 38.4 Å². The Balaban J connectivity index is 1.64. The van der Waals surface area contributed by atoms with Crippen LogP contribution in [-0.4, -0.2) is 48.1 Å². The van der Waals surface area contributed by atoms with Crippen LogP contribution in [-0.2, 0) is 20.9 Å². The van der Waals surface area contributed by atoms with Gasteiger partial charge in [-0.2, -0.15) is 0 Å². The van der Waals surface area contributed by atoms with Crippen molar-refractivity contribution in [3.8, 4) is 17.2 Å². The first-order chi connectivity index (χ1) is 21.8. The van der Waals surface area contributed by atoms with Crippen molar-refractivity contribution in [2.24, 2.45) is 0 Å². The normalized spacial score (nSPS) is 15.6. The number of aromatic nitrogens is 1. The van der Waals surface area contributed by atoms with Crippen LogP contribution in [0.4, 0.5) is 5.13 Å². The molecule has 1 aliphatic heterocycles. The number of hydrogen-bond donors (Lipinski definition) is 1. The molecule has 4 aromatic rings. The van der Waals surface area contributed by atoms with Crippen LogP contribution in [0, 0.1) is 6.92 Å². The van der Waals surface area contributed by atoms with E-state index in [1.807, 2.05) is 44.2 Å². The van der Waals surface area contributed by atoms with E-state index >= 15 is 0 Å². The van der Waals surface area contributed by atoms with E-state index in [1.165, 1.54) is 12.0 Å². The van der Waals surface area contributed by atoms with Gasteiger partial charge in [0, 0.05) is 5.56 Å². The molecule has 0 bridgehead atoms. The van der Waals surface area contributed by atoms with Crippen LogP contribution in [0.3, 0.4) is 0 Å². The Labute approximate surface area is 264 Å². The Kier molecular flexibility index (Phi) is 9.48. The molecule has 232 valence electrons. The number of ether oxygens (including phenoxy) is 4. The van der Waals surface area contributed by atoms with Gasteiger partial charge in [0.2, 0.25) is 0 Å². The van der Waals surface area contributed by atoms with Crippen LogP contribution in [0.2, 0.25) is 0 Å². The molecule has 1 aromatic heterocycles. The molecule has 5 rings (SSSR count). The zero-order chi connectivity index (χ0) is 32.1. The fourth-order valence-electron chi connectivity index (χ4n) is 4.96. The molecule has 45 heavy (non-hydrogen) atoms.